The highest BCUT2D eigenvalue weighted by molar-refractivity contribution is 5.76. The van der Waals surface area contributed by atoms with Gasteiger partial charge < -0.3 is 15.5 Å². The van der Waals surface area contributed by atoms with E-state index in [1.807, 2.05) is 6.92 Å². The Morgan fingerprint density at radius 3 is 2.75 bits per heavy atom. The van der Waals surface area contributed by atoms with E-state index in [4.69, 9.17) is 5.11 Å². The molecule has 0 fully saturated rings. The van der Waals surface area contributed by atoms with Crippen LogP contribution in [0.5, 0.6) is 0 Å². The first-order valence-electron chi connectivity index (χ1n) is 4.26. The molecule has 0 heterocycles. The van der Waals surface area contributed by atoms with Gasteiger partial charge in [0.25, 0.3) is 0 Å². The quantitative estimate of drug-likeness (QED) is 0.516. The molecule has 0 aliphatic rings. The van der Waals surface area contributed by atoms with Crippen molar-refractivity contribution >= 4 is 5.91 Å². The Morgan fingerprint density at radius 1 is 1.58 bits per heavy atom. The predicted molar refractivity (Wildman–Crippen MR) is 45.6 cm³/mol. The molecule has 72 valence electrons. The number of hydrogen-bond acceptors (Lipinski definition) is 3. The van der Waals surface area contributed by atoms with E-state index in [9.17, 15) is 9.90 Å². The molecule has 1 amide bonds. The Hall–Kier alpha value is -0.610. The van der Waals surface area contributed by atoms with Crippen LogP contribution >= 0.6 is 0 Å². The maximum absolute atomic E-state index is 10.9. The third-order valence-electron chi connectivity index (χ3n) is 1.48. The lowest BCUT2D eigenvalue weighted by Gasteiger charge is -2.08. The second kappa shape index (κ2) is 7.06. The third-order valence-corrected chi connectivity index (χ3v) is 1.48. The summed E-state index contributed by atoms with van der Waals surface area (Å²) in [7, 11) is 0. The fourth-order valence-electron chi connectivity index (χ4n) is 0.917. The Labute approximate surface area is 72.6 Å². The van der Waals surface area contributed by atoms with Crippen LogP contribution in [-0.2, 0) is 4.79 Å². The molecule has 0 aliphatic carbocycles. The summed E-state index contributed by atoms with van der Waals surface area (Å²) in [5, 5.41) is 20.0. The maximum atomic E-state index is 10.9. The summed E-state index contributed by atoms with van der Waals surface area (Å²) < 4.78 is 0. The van der Waals surface area contributed by atoms with Crippen LogP contribution in [0.1, 0.15) is 26.2 Å². The topological polar surface area (TPSA) is 69.6 Å². The van der Waals surface area contributed by atoms with Gasteiger partial charge in [0.05, 0.1) is 19.1 Å². The lowest BCUT2D eigenvalue weighted by Crippen LogP contribution is -2.29. The van der Waals surface area contributed by atoms with Crippen molar-refractivity contribution in [2.24, 2.45) is 0 Å². The van der Waals surface area contributed by atoms with Gasteiger partial charge in [-0.1, -0.05) is 13.3 Å². The minimum atomic E-state index is -0.548. The number of rotatable bonds is 6. The van der Waals surface area contributed by atoms with Crippen LogP contribution in [0.3, 0.4) is 0 Å². The van der Waals surface area contributed by atoms with E-state index in [0.717, 1.165) is 6.42 Å². The van der Waals surface area contributed by atoms with Gasteiger partial charge in [-0.3, -0.25) is 4.79 Å². The SMILES string of the molecule is CCCC(O)CC(=O)NCCO. The van der Waals surface area contributed by atoms with Gasteiger partial charge in [-0.05, 0) is 6.42 Å². The fourth-order valence-corrected chi connectivity index (χ4v) is 0.917. The first-order valence-corrected chi connectivity index (χ1v) is 4.26. The van der Waals surface area contributed by atoms with Crippen LogP contribution in [0.2, 0.25) is 0 Å². The number of aliphatic hydroxyl groups excluding tert-OH is 2. The van der Waals surface area contributed by atoms with Gasteiger partial charge in [-0.2, -0.15) is 0 Å². The van der Waals surface area contributed by atoms with Crippen molar-refractivity contribution in [2.45, 2.75) is 32.3 Å². The molecule has 0 aromatic rings. The van der Waals surface area contributed by atoms with Crippen LogP contribution in [0, 0.1) is 0 Å². The summed E-state index contributed by atoms with van der Waals surface area (Å²) in [5.41, 5.74) is 0. The Balaban J connectivity index is 3.40. The van der Waals surface area contributed by atoms with Crippen LogP contribution < -0.4 is 5.32 Å². The summed E-state index contributed by atoms with van der Waals surface area (Å²) in [6.07, 6.45) is 1.10. The standard InChI is InChI=1S/C8H17NO3/c1-2-3-7(11)6-8(12)9-4-5-10/h7,10-11H,2-6H2,1H3,(H,9,12). The van der Waals surface area contributed by atoms with E-state index < -0.39 is 6.10 Å². The monoisotopic (exact) mass is 175 g/mol. The molecule has 0 bridgehead atoms. The number of hydrogen-bond donors (Lipinski definition) is 3. The fraction of sp³-hybridized carbons (Fsp3) is 0.875. The van der Waals surface area contributed by atoms with Crippen molar-refractivity contribution in [1.82, 2.24) is 5.32 Å². The van der Waals surface area contributed by atoms with Gasteiger partial charge in [-0.25, -0.2) is 0 Å². The second-order valence-electron chi connectivity index (χ2n) is 2.72. The molecular formula is C8H17NO3. The van der Waals surface area contributed by atoms with E-state index in [1.165, 1.54) is 0 Å². The molecule has 4 nitrogen and oxygen atoms in total. The van der Waals surface area contributed by atoms with Gasteiger partial charge >= 0.3 is 0 Å². The third kappa shape index (κ3) is 6.12. The van der Waals surface area contributed by atoms with Gasteiger partial charge in [0.15, 0.2) is 0 Å². The van der Waals surface area contributed by atoms with Crippen LogP contribution in [0.4, 0.5) is 0 Å². The minimum absolute atomic E-state index is 0.0599. The average Bonchev–Trinajstić information content (AvgIpc) is 2.01. The average molecular weight is 175 g/mol. The zero-order valence-electron chi connectivity index (χ0n) is 7.42. The smallest absolute Gasteiger partial charge is 0.222 e. The van der Waals surface area contributed by atoms with Crippen molar-refractivity contribution in [3.8, 4) is 0 Å². The van der Waals surface area contributed by atoms with E-state index in [0.29, 0.717) is 6.42 Å². The first kappa shape index (κ1) is 11.4. The first-order chi connectivity index (χ1) is 5.70. The summed E-state index contributed by atoms with van der Waals surface area (Å²) in [4.78, 5) is 10.9. The zero-order chi connectivity index (χ0) is 9.40. The van der Waals surface area contributed by atoms with E-state index in [-0.39, 0.29) is 25.5 Å². The van der Waals surface area contributed by atoms with Crippen molar-refractivity contribution in [3.63, 3.8) is 0 Å². The number of aliphatic hydroxyl groups is 2. The molecule has 1 unspecified atom stereocenters. The van der Waals surface area contributed by atoms with Gasteiger partial charge in [0, 0.05) is 6.54 Å². The normalized spacial score (nSPS) is 12.6. The molecule has 0 rings (SSSR count). The largest absolute Gasteiger partial charge is 0.395 e. The molecule has 0 saturated carbocycles. The van der Waals surface area contributed by atoms with Crippen molar-refractivity contribution < 1.29 is 15.0 Å². The van der Waals surface area contributed by atoms with E-state index in [1.54, 1.807) is 0 Å². The molecule has 4 heteroatoms. The van der Waals surface area contributed by atoms with Crippen LogP contribution in [-0.4, -0.2) is 35.4 Å². The Morgan fingerprint density at radius 2 is 2.25 bits per heavy atom. The Bertz CT molecular complexity index is 127. The van der Waals surface area contributed by atoms with Crippen molar-refractivity contribution in [1.29, 1.82) is 0 Å². The predicted octanol–water partition coefficient (Wildman–Crippen LogP) is -0.354. The molecule has 0 aromatic carbocycles. The highest BCUT2D eigenvalue weighted by Gasteiger charge is 2.08. The minimum Gasteiger partial charge on any atom is -0.395 e. The summed E-state index contributed by atoms with van der Waals surface area (Å²) >= 11 is 0. The van der Waals surface area contributed by atoms with Crippen molar-refractivity contribution in [2.75, 3.05) is 13.2 Å². The zero-order valence-corrected chi connectivity index (χ0v) is 7.42. The lowest BCUT2D eigenvalue weighted by atomic mass is 10.1. The van der Waals surface area contributed by atoms with Crippen LogP contribution in [0.15, 0.2) is 0 Å². The number of carbonyl (C=O) groups is 1. The molecule has 0 radical (unpaired) electrons. The van der Waals surface area contributed by atoms with Crippen LogP contribution in [0.25, 0.3) is 0 Å². The molecular weight excluding hydrogens is 158 g/mol. The molecule has 3 N–H and O–H groups in total. The van der Waals surface area contributed by atoms with Gasteiger partial charge in [0.1, 0.15) is 0 Å². The highest BCUT2D eigenvalue weighted by atomic mass is 16.3. The molecule has 0 saturated heterocycles. The second-order valence-corrected chi connectivity index (χ2v) is 2.72. The lowest BCUT2D eigenvalue weighted by molar-refractivity contribution is -0.123. The molecule has 0 aromatic heterocycles. The molecule has 0 spiro atoms. The highest BCUT2D eigenvalue weighted by Crippen LogP contribution is 2.00. The van der Waals surface area contributed by atoms with Gasteiger partial charge in [0.2, 0.25) is 5.91 Å². The molecule has 1 atom stereocenters. The summed E-state index contributed by atoms with van der Waals surface area (Å²) in [6.45, 7) is 2.15. The summed E-state index contributed by atoms with van der Waals surface area (Å²) in [5.74, 6) is -0.204. The molecule has 12 heavy (non-hydrogen) atoms. The maximum Gasteiger partial charge on any atom is 0.222 e. The number of nitrogens with one attached hydrogen (secondary N) is 1. The molecule has 0 aliphatic heterocycles. The van der Waals surface area contributed by atoms with Crippen molar-refractivity contribution in [3.05, 3.63) is 0 Å². The Kier molecular flexibility index (Phi) is 6.70. The van der Waals surface area contributed by atoms with Gasteiger partial charge in [-0.15, -0.1) is 0 Å². The van der Waals surface area contributed by atoms with E-state index in [2.05, 4.69) is 5.32 Å². The summed E-state index contributed by atoms with van der Waals surface area (Å²) in [6, 6.07) is 0. The number of carbonyl (C=O) groups excluding carboxylic acids is 1. The van der Waals surface area contributed by atoms with E-state index >= 15 is 0 Å². The number of amides is 1.